The van der Waals surface area contributed by atoms with E-state index in [9.17, 15) is 8.42 Å². The largest absolute Gasteiger partial charge is 0.373 e. The number of sulfonamides is 1. The van der Waals surface area contributed by atoms with Crippen LogP contribution in [0.3, 0.4) is 0 Å². The molecule has 2 unspecified atom stereocenters. The van der Waals surface area contributed by atoms with Crippen molar-refractivity contribution in [2.45, 2.75) is 46.4 Å². The van der Waals surface area contributed by atoms with Gasteiger partial charge in [-0.05, 0) is 38.8 Å². The Balaban J connectivity index is 0.00000392. The third-order valence-electron chi connectivity index (χ3n) is 4.60. The Kier molecular flexibility index (Phi) is 10.2. The molecule has 1 aliphatic heterocycles. The molecule has 160 valence electrons. The summed E-state index contributed by atoms with van der Waals surface area (Å²) in [6.07, 6.45) is -0.160. The smallest absolute Gasteiger partial charge is 0.216 e. The number of aryl methyl sites for hydroxylation is 2. The number of ether oxygens (including phenoxy) is 1. The van der Waals surface area contributed by atoms with E-state index in [2.05, 4.69) is 47.7 Å². The van der Waals surface area contributed by atoms with Crippen molar-refractivity contribution in [1.29, 1.82) is 0 Å². The summed E-state index contributed by atoms with van der Waals surface area (Å²) >= 11 is 0. The third-order valence-corrected chi connectivity index (χ3v) is 6.40. The summed E-state index contributed by atoms with van der Waals surface area (Å²) in [5.41, 5.74) is 3.64. The molecule has 0 bridgehead atoms. The zero-order chi connectivity index (χ0) is 20.0. The average molecular weight is 524 g/mol. The van der Waals surface area contributed by atoms with E-state index in [1.807, 2.05) is 13.8 Å². The van der Waals surface area contributed by atoms with Crippen molar-refractivity contribution in [3.8, 4) is 0 Å². The van der Waals surface area contributed by atoms with E-state index in [1.165, 1.54) is 21.0 Å². The first-order valence-corrected chi connectivity index (χ1v) is 11.0. The second-order valence-corrected chi connectivity index (χ2v) is 9.26. The minimum atomic E-state index is -3.32. The highest BCUT2D eigenvalue weighted by molar-refractivity contribution is 14.0. The molecule has 28 heavy (non-hydrogen) atoms. The van der Waals surface area contributed by atoms with Gasteiger partial charge in [0.2, 0.25) is 10.0 Å². The standard InChI is InChI=1S/C19H32N4O3S.HI/c1-14-6-7-18(15(2)10-14)11-22-19(20-5)21-8-9-27(24,25)23-12-16(3)26-17(4)13-23;/h6-7,10,16-17H,8-9,11-13H2,1-5H3,(H2,20,21,22);1H. The average Bonchev–Trinajstić information content (AvgIpc) is 2.58. The number of guanidine groups is 1. The highest BCUT2D eigenvalue weighted by Crippen LogP contribution is 2.14. The van der Waals surface area contributed by atoms with E-state index in [1.54, 1.807) is 7.05 Å². The lowest BCUT2D eigenvalue weighted by Crippen LogP contribution is -2.50. The number of morpholine rings is 1. The molecule has 9 heteroatoms. The number of hydrogen-bond acceptors (Lipinski definition) is 4. The van der Waals surface area contributed by atoms with Crippen molar-refractivity contribution in [3.63, 3.8) is 0 Å². The summed E-state index contributed by atoms with van der Waals surface area (Å²) in [5.74, 6) is 0.616. The Bertz CT molecular complexity index is 760. The van der Waals surface area contributed by atoms with Crippen molar-refractivity contribution in [1.82, 2.24) is 14.9 Å². The van der Waals surface area contributed by atoms with Crippen LogP contribution in [-0.4, -0.2) is 63.3 Å². The first-order chi connectivity index (χ1) is 12.7. The molecular weight excluding hydrogens is 491 g/mol. The SMILES string of the molecule is CN=C(NCCS(=O)(=O)N1CC(C)OC(C)C1)NCc1ccc(C)cc1C.I. The number of nitrogens with zero attached hydrogens (tertiary/aromatic N) is 2. The first kappa shape index (κ1) is 25.1. The van der Waals surface area contributed by atoms with Gasteiger partial charge in [0, 0.05) is 33.2 Å². The second-order valence-electron chi connectivity index (χ2n) is 7.17. The second kappa shape index (κ2) is 11.3. The van der Waals surface area contributed by atoms with Crippen LogP contribution in [0, 0.1) is 13.8 Å². The van der Waals surface area contributed by atoms with Crippen LogP contribution in [0.5, 0.6) is 0 Å². The van der Waals surface area contributed by atoms with Gasteiger partial charge >= 0.3 is 0 Å². The lowest BCUT2D eigenvalue weighted by molar-refractivity contribution is -0.0440. The van der Waals surface area contributed by atoms with Crippen molar-refractivity contribution >= 4 is 40.0 Å². The molecular formula is C19H33IN4O3S. The van der Waals surface area contributed by atoms with Crippen LogP contribution in [0.15, 0.2) is 23.2 Å². The van der Waals surface area contributed by atoms with Crippen molar-refractivity contribution in [2.24, 2.45) is 4.99 Å². The minimum Gasteiger partial charge on any atom is -0.373 e. The lowest BCUT2D eigenvalue weighted by atomic mass is 10.1. The summed E-state index contributed by atoms with van der Waals surface area (Å²) in [6, 6.07) is 6.32. The maximum absolute atomic E-state index is 12.6. The molecule has 0 saturated carbocycles. The Labute approximate surface area is 186 Å². The van der Waals surface area contributed by atoms with Gasteiger partial charge in [0.15, 0.2) is 5.96 Å². The van der Waals surface area contributed by atoms with Crippen molar-refractivity contribution in [2.75, 3.05) is 32.4 Å². The van der Waals surface area contributed by atoms with E-state index < -0.39 is 10.0 Å². The predicted octanol–water partition coefficient (Wildman–Crippen LogP) is 2.03. The number of aliphatic imine (C=N–C) groups is 1. The van der Waals surface area contributed by atoms with Gasteiger partial charge in [-0.25, -0.2) is 8.42 Å². The number of nitrogens with one attached hydrogen (secondary N) is 2. The van der Waals surface area contributed by atoms with E-state index >= 15 is 0 Å². The molecule has 0 radical (unpaired) electrons. The van der Waals surface area contributed by atoms with Gasteiger partial charge in [-0.15, -0.1) is 24.0 Å². The van der Waals surface area contributed by atoms with Crippen LogP contribution in [0.25, 0.3) is 0 Å². The number of rotatable bonds is 6. The molecule has 1 fully saturated rings. The third kappa shape index (κ3) is 7.49. The Morgan fingerprint density at radius 2 is 1.86 bits per heavy atom. The molecule has 1 aromatic rings. The van der Waals surface area contributed by atoms with Gasteiger partial charge in [0.05, 0.1) is 18.0 Å². The molecule has 2 rings (SSSR count). The minimum absolute atomic E-state index is 0. The van der Waals surface area contributed by atoms with Gasteiger partial charge in [0.1, 0.15) is 0 Å². The van der Waals surface area contributed by atoms with E-state index in [0.29, 0.717) is 32.1 Å². The molecule has 0 amide bonds. The quantitative estimate of drug-likeness (QED) is 0.338. The van der Waals surface area contributed by atoms with Gasteiger partial charge < -0.3 is 15.4 Å². The van der Waals surface area contributed by atoms with Crippen LogP contribution < -0.4 is 10.6 Å². The van der Waals surface area contributed by atoms with E-state index in [0.717, 1.165) is 0 Å². The normalized spacial score (nSPS) is 21.1. The molecule has 2 N–H and O–H groups in total. The van der Waals surface area contributed by atoms with Crippen LogP contribution in [0.4, 0.5) is 0 Å². The van der Waals surface area contributed by atoms with E-state index in [4.69, 9.17) is 4.74 Å². The Morgan fingerprint density at radius 3 is 2.43 bits per heavy atom. The Morgan fingerprint density at radius 1 is 1.21 bits per heavy atom. The molecule has 0 spiro atoms. The van der Waals surface area contributed by atoms with Crippen LogP contribution >= 0.6 is 24.0 Å². The fourth-order valence-electron chi connectivity index (χ4n) is 3.23. The summed E-state index contributed by atoms with van der Waals surface area (Å²) in [5, 5.41) is 6.33. The summed E-state index contributed by atoms with van der Waals surface area (Å²) < 4.78 is 32.3. The lowest BCUT2D eigenvalue weighted by Gasteiger charge is -2.34. The summed E-state index contributed by atoms with van der Waals surface area (Å²) in [4.78, 5) is 4.17. The molecule has 0 aliphatic carbocycles. The van der Waals surface area contributed by atoms with Crippen molar-refractivity contribution < 1.29 is 13.2 Å². The Hall–Kier alpha value is -0.910. The maximum atomic E-state index is 12.6. The van der Waals surface area contributed by atoms with Gasteiger partial charge in [-0.1, -0.05) is 23.8 Å². The van der Waals surface area contributed by atoms with E-state index in [-0.39, 0.29) is 41.9 Å². The summed E-state index contributed by atoms with van der Waals surface area (Å²) in [6.45, 7) is 9.70. The van der Waals surface area contributed by atoms with Gasteiger partial charge in [-0.3, -0.25) is 4.99 Å². The van der Waals surface area contributed by atoms with Gasteiger partial charge in [-0.2, -0.15) is 4.31 Å². The zero-order valence-corrected chi connectivity index (χ0v) is 20.5. The van der Waals surface area contributed by atoms with Crippen LogP contribution in [0.2, 0.25) is 0 Å². The highest BCUT2D eigenvalue weighted by Gasteiger charge is 2.30. The van der Waals surface area contributed by atoms with Crippen LogP contribution in [-0.2, 0) is 21.3 Å². The molecule has 2 atom stereocenters. The molecule has 1 aliphatic rings. The maximum Gasteiger partial charge on any atom is 0.216 e. The zero-order valence-electron chi connectivity index (χ0n) is 17.4. The topological polar surface area (TPSA) is 83.0 Å². The monoisotopic (exact) mass is 524 g/mol. The van der Waals surface area contributed by atoms with Crippen LogP contribution in [0.1, 0.15) is 30.5 Å². The molecule has 1 saturated heterocycles. The fraction of sp³-hybridized carbons (Fsp3) is 0.632. The number of benzene rings is 1. The first-order valence-electron chi connectivity index (χ1n) is 9.35. The summed E-state index contributed by atoms with van der Waals surface area (Å²) in [7, 11) is -1.65. The predicted molar refractivity (Wildman–Crippen MR) is 125 cm³/mol. The molecule has 1 aromatic carbocycles. The molecule has 0 aromatic heterocycles. The number of hydrogen-bond donors (Lipinski definition) is 2. The van der Waals surface area contributed by atoms with Gasteiger partial charge in [0.25, 0.3) is 0 Å². The van der Waals surface area contributed by atoms with Crippen molar-refractivity contribution in [3.05, 3.63) is 34.9 Å². The number of halogens is 1. The molecule has 1 heterocycles. The fourth-order valence-corrected chi connectivity index (χ4v) is 4.72. The highest BCUT2D eigenvalue weighted by atomic mass is 127. The molecule has 7 nitrogen and oxygen atoms in total.